The van der Waals surface area contributed by atoms with Gasteiger partial charge in [-0.25, -0.2) is 13.6 Å². The number of hydrogen-bond donors (Lipinski definition) is 2. The van der Waals surface area contributed by atoms with E-state index in [4.69, 9.17) is 5.11 Å². The summed E-state index contributed by atoms with van der Waals surface area (Å²) >= 11 is 0.791. The molecule has 0 fully saturated rings. The summed E-state index contributed by atoms with van der Waals surface area (Å²) in [5.41, 5.74) is -1.03. The third-order valence-corrected chi connectivity index (χ3v) is 5.01. The zero-order valence-corrected chi connectivity index (χ0v) is 16.1. The Balaban J connectivity index is 1.89. The number of rotatable bonds is 5. The van der Waals surface area contributed by atoms with Crippen LogP contribution in [0.5, 0.6) is 5.75 Å². The van der Waals surface area contributed by atoms with E-state index in [1.165, 1.54) is 23.6 Å². The standard InChI is InChI=1S/C20H12F5NO4S/c21-14-8-11(10-3-1-4-12(7-10)30-20(23,24)25)9-15(22)16(14)26-18(27)13-5-2-6-31-17(13)19(28)29/h1-4,6-9H,5H2,(H,26,27)(H,28,29). The van der Waals surface area contributed by atoms with Crippen LogP contribution in [0.15, 0.2) is 58.4 Å². The van der Waals surface area contributed by atoms with Gasteiger partial charge in [0.25, 0.3) is 5.91 Å². The minimum atomic E-state index is -4.93. The number of aliphatic carboxylic acids is 1. The summed E-state index contributed by atoms with van der Waals surface area (Å²) in [6.45, 7) is 0. The summed E-state index contributed by atoms with van der Waals surface area (Å²) in [4.78, 5) is 23.4. The predicted octanol–water partition coefficient (Wildman–Crippen LogP) is 5.46. The molecule has 1 heterocycles. The number of carbonyl (C=O) groups is 2. The number of carbonyl (C=O) groups excluding carboxylic acids is 1. The molecule has 0 unspecified atom stereocenters. The first kappa shape index (κ1) is 22.3. The molecule has 2 aromatic carbocycles. The Morgan fingerprint density at radius 1 is 1.06 bits per heavy atom. The van der Waals surface area contributed by atoms with Gasteiger partial charge in [-0.15, -0.1) is 13.2 Å². The molecular formula is C20H12F5NO4S. The molecule has 0 saturated heterocycles. The first-order valence-corrected chi connectivity index (χ1v) is 9.38. The molecule has 3 rings (SSSR count). The van der Waals surface area contributed by atoms with Gasteiger partial charge in [0.05, 0.1) is 0 Å². The predicted molar refractivity (Wildman–Crippen MR) is 103 cm³/mol. The number of ether oxygens (including phenoxy) is 1. The summed E-state index contributed by atoms with van der Waals surface area (Å²) in [5, 5.41) is 12.7. The Bertz CT molecular complexity index is 1090. The minimum absolute atomic E-state index is 0.0339. The van der Waals surface area contributed by atoms with Crippen LogP contribution in [0.2, 0.25) is 0 Å². The molecule has 0 aromatic heterocycles. The smallest absolute Gasteiger partial charge is 0.477 e. The second-order valence-electron chi connectivity index (χ2n) is 6.15. The van der Waals surface area contributed by atoms with Gasteiger partial charge in [-0.1, -0.05) is 30.0 Å². The van der Waals surface area contributed by atoms with Crippen molar-refractivity contribution in [1.82, 2.24) is 0 Å². The molecule has 0 saturated carbocycles. The van der Waals surface area contributed by atoms with E-state index >= 15 is 0 Å². The molecule has 31 heavy (non-hydrogen) atoms. The fourth-order valence-electron chi connectivity index (χ4n) is 2.74. The number of hydrogen-bond acceptors (Lipinski definition) is 4. The van der Waals surface area contributed by atoms with Gasteiger partial charge in [-0.05, 0) is 47.2 Å². The third kappa shape index (κ3) is 5.43. The van der Waals surface area contributed by atoms with Crippen molar-refractivity contribution in [1.29, 1.82) is 0 Å². The molecule has 0 spiro atoms. The van der Waals surface area contributed by atoms with Crippen LogP contribution in [0.1, 0.15) is 6.42 Å². The minimum Gasteiger partial charge on any atom is -0.477 e. The van der Waals surface area contributed by atoms with E-state index in [1.54, 1.807) is 0 Å². The van der Waals surface area contributed by atoms with E-state index in [-0.39, 0.29) is 28.0 Å². The molecule has 2 N–H and O–H groups in total. The van der Waals surface area contributed by atoms with Gasteiger partial charge in [0, 0.05) is 5.57 Å². The van der Waals surface area contributed by atoms with Gasteiger partial charge in [0.1, 0.15) is 28.0 Å². The van der Waals surface area contributed by atoms with Gasteiger partial charge in [0.2, 0.25) is 0 Å². The van der Waals surface area contributed by atoms with Crippen LogP contribution in [0.4, 0.5) is 27.6 Å². The van der Waals surface area contributed by atoms with Gasteiger partial charge >= 0.3 is 12.3 Å². The van der Waals surface area contributed by atoms with E-state index < -0.39 is 41.3 Å². The number of allylic oxidation sites excluding steroid dienone is 1. The highest BCUT2D eigenvalue weighted by Gasteiger charge is 2.31. The summed E-state index contributed by atoms with van der Waals surface area (Å²) in [7, 11) is 0. The highest BCUT2D eigenvalue weighted by molar-refractivity contribution is 8.06. The molecule has 0 bridgehead atoms. The number of alkyl halides is 3. The number of amides is 1. The molecule has 0 aliphatic carbocycles. The summed E-state index contributed by atoms with van der Waals surface area (Å²) in [5.74, 6) is -5.29. The van der Waals surface area contributed by atoms with Crippen LogP contribution in [0.25, 0.3) is 11.1 Å². The molecule has 1 amide bonds. The Labute approximate surface area is 176 Å². The van der Waals surface area contributed by atoms with Gasteiger partial charge in [-0.3, -0.25) is 4.79 Å². The van der Waals surface area contributed by atoms with Crippen LogP contribution >= 0.6 is 11.8 Å². The Hall–Kier alpha value is -3.34. The number of halogens is 5. The van der Waals surface area contributed by atoms with Crippen molar-refractivity contribution in [2.75, 3.05) is 5.32 Å². The topological polar surface area (TPSA) is 75.6 Å². The Morgan fingerprint density at radius 3 is 2.35 bits per heavy atom. The molecule has 5 nitrogen and oxygen atoms in total. The fourth-order valence-corrected chi connectivity index (χ4v) is 3.49. The lowest BCUT2D eigenvalue weighted by atomic mass is 10.0. The number of carboxylic acid groups (broad SMARTS) is 1. The van der Waals surface area contributed by atoms with Crippen molar-refractivity contribution in [3.8, 4) is 16.9 Å². The SMILES string of the molecule is O=C(O)C1=C(C(=O)Nc2c(F)cc(-c3cccc(OC(F)(F)F)c3)cc2F)CC=CS1. The van der Waals surface area contributed by atoms with Crippen LogP contribution in [-0.2, 0) is 9.59 Å². The Kier molecular flexibility index (Phi) is 6.34. The first-order chi connectivity index (χ1) is 14.5. The average molecular weight is 457 g/mol. The molecule has 1 aliphatic heterocycles. The maximum Gasteiger partial charge on any atom is 0.573 e. The third-order valence-electron chi connectivity index (χ3n) is 4.03. The summed E-state index contributed by atoms with van der Waals surface area (Å²) in [6.07, 6.45) is -3.44. The van der Waals surface area contributed by atoms with Crippen molar-refractivity contribution < 1.29 is 41.4 Å². The summed E-state index contributed by atoms with van der Waals surface area (Å²) < 4.78 is 70.0. The van der Waals surface area contributed by atoms with Gasteiger partial charge < -0.3 is 15.2 Å². The van der Waals surface area contributed by atoms with E-state index in [1.807, 2.05) is 5.32 Å². The zero-order chi connectivity index (χ0) is 22.8. The second kappa shape index (κ2) is 8.80. The van der Waals surface area contributed by atoms with Crippen LogP contribution < -0.4 is 10.1 Å². The van der Waals surface area contributed by atoms with E-state index in [2.05, 4.69) is 4.74 Å². The first-order valence-electron chi connectivity index (χ1n) is 8.50. The Morgan fingerprint density at radius 2 is 1.74 bits per heavy atom. The monoisotopic (exact) mass is 457 g/mol. The normalized spacial score (nSPS) is 13.8. The lowest BCUT2D eigenvalue weighted by molar-refractivity contribution is -0.274. The van der Waals surface area contributed by atoms with Crippen molar-refractivity contribution in [3.05, 3.63) is 70.0 Å². The lowest BCUT2D eigenvalue weighted by Gasteiger charge is -2.15. The lowest BCUT2D eigenvalue weighted by Crippen LogP contribution is -2.20. The van der Waals surface area contributed by atoms with Crippen LogP contribution in [0.3, 0.4) is 0 Å². The number of carboxylic acids is 1. The quantitative estimate of drug-likeness (QED) is 0.584. The highest BCUT2D eigenvalue weighted by atomic mass is 32.2. The van der Waals surface area contributed by atoms with Gasteiger partial charge in [0.15, 0.2) is 0 Å². The fraction of sp³-hybridized carbons (Fsp3) is 0.100. The van der Waals surface area contributed by atoms with Crippen LogP contribution in [0, 0.1) is 11.6 Å². The molecular weight excluding hydrogens is 445 g/mol. The maximum absolute atomic E-state index is 14.5. The average Bonchev–Trinajstić information content (AvgIpc) is 2.69. The number of thioether (sulfide) groups is 1. The van der Waals surface area contributed by atoms with Gasteiger partial charge in [-0.2, -0.15) is 0 Å². The molecule has 0 radical (unpaired) electrons. The number of benzene rings is 2. The molecule has 11 heteroatoms. The van der Waals surface area contributed by atoms with E-state index in [0.29, 0.717) is 0 Å². The largest absolute Gasteiger partial charge is 0.573 e. The van der Waals surface area contributed by atoms with Crippen molar-refractivity contribution in [2.45, 2.75) is 12.8 Å². The second-order valence-corrected chi connectivity index (χ2v) is 7.07. The number of anilines is 1. The summed E-state index contributed by atoms with van der Waals surface area (Å²) in [6, 6.07) is 6.18. The molecule has 162 valence electrons. The highest BCUT2D eigenvalue weighted by Crippen LogP contribution is 2.33. The molecule has 1 aliphatic rings. The number of nitrogens with one attached hydrogen (secondary N) is 1. The molecule has 0 atom stereocenters. The molecule has 2 aromatic rings. The maximum atomic E-state index is 14.5. The van der Waals surface area contributed by atoms with Crippen molar-refractivity contribution in [2.24, 2.45) is 0 Å². The van der Waals surface area contributed by atoms with Crippen molar-refractivity contribution >= 4 is 29.3 Å². The van der Waals surface area contributed by atoms with E-state index in [0.717, 1.165) is 36.0 Å². The van der Waals surface area contributed by atoms with E-state index in [9.17, 15) is 31.5 Å². The van der Waals surface area contributed by atoms with Crippen molar-refractivity contribution in [3.63, 3.8) is 0 Å². The zero-order valence-electron chi connectivity index (χ0n) is 15.3. The van der Waals surface area contributed by atoms with Crippen LogP contribution in [-0.4, -0.2) is 23.3 Å².